The first kappa shape index (κ1) is 24.8. The molecule has 0 aromatic heterocycles. The zero-order valence-electron chi connectivity index (χ0n) is 20.7. The maximum Gasteiger partial charge on any atom is 0.410 e. The van der Waals surface area contributed by atoms with Crippen molar-refractivity contribution in [2.24, 2.45) is 11.8 Å². The standard InChI is InChI=1S/C28H35N3O4/c1-28(2,3)35-27(34)31-17-22(25(32)29-15-14-19-10-6-4-7-11-19)23(18-31)26(33)30-24-16-21(24)20-12-8-5-9-13-20/h4-13,21-24H,14-18H2,1-3H3,(H,29,32)(H,30,33)/t21-,22+,23+,24+/m0/s1. The van der Waals surface area contributed by atoms with Gasteiger partial charge in [-0.15, -0.1) is 0 Å². The minimum absolute atomic E-state index is 0.0577. The van der Waals surface area contributed by atoms with E-state index in [4.69, 9.17) is 4.74 Å². The molecule has 7 nitrogen and oxygen atoms in total. The van der Waals surface area contributed by atoms with Gasteiger partial charge in [0.15, 0.2) is 0 Å². The second kappa shape index (κ2) is 10.5. The molecular formula is C28H35N3O4. The third-order valence-electron chi connectivity index (χ3n) is 6.55. The van der Waals surface area contributed by atoms with Gasteiger partial charge in [0.05, 0.1) is 11.8 Å². The summed E-state index contributed by atoms with van der Waals surface area (Å²) >= 11 is 0. The van der Waals surface area contributed by atoms with Gasteiger partial charge < -0.3 is 20.3 Å². The summed E-state index contributed by atoms with van der Waals surface area (Å²) in [6.45, 7) is 6.21. The summed E-state index contributed by atoms with van der Waals surface area (Å²) in [5, 5.41) is 6.09. The molecule has 0 spiro atoms. The topological polar surface area (TPSA) is 87.7 Å². The lowest BCUT2D eigenvalue weighted by Crippen LogP contribution is -2.42. The fourth-order valence-corrected chi connectivity index (χ4v) is 4.63. The van der Waals surface area contributed by atoms with E-state index in [0.717, 1.165) is 12.0 Å². The third kappa shape index (κ3) is 6.62. The van der Waals surface area contributed by atoms with E-state index in [1.165, 1.54) is 10.5 Å². The predicted molar refractivity (Wildman–Crippen MR) is 134 cm³/mol. The first-order chi connectivity index (χ1) is 16.7. The number of nitrogens with zero attached hydrogens (tertiary/aromatic N) is 1. The number of carbonyl (C=O) groups excluding carboxylic acids is 3. The maximum absolute atomic E-state index is 13.3. The van der Waals surface area contributed by atoms with Crippen LogP contribution >= 0.6 is 0 Å². The van der Waals surface area contributed by atoms with Crippen molar-refractivity contribution in [3.63, 3.8) is 0 Å². The Balaban J connectivity index is 1.39. The molecule has 2 aromatic rings. The van der Waals surface area contributed by atoms with Crippen molar-refractivity contribution >= 4 is 17.9 Å². The van der Waals surface area contributed by atoms with Gasteiger partial charge in [-0.05, 0) is 44.7 Å². The van der Waals surface area contributed by atoms with Gasteiger partial charge in [-0.25, -0.2) is 4.79 Å². The van der Waals surface area contributed by atoms with Crippen LogP contribution in [0.25, 0.3) is 0 Å². The number of rotatable bonds is 7. The number of ether oxygens (including phenoxy) is 1. The lowest BCUT2D eigenvalue weighted by atomic mass is 9.94. The molecule has 35 heavy (non-hydrogen) atoms. The molecule has 2 aromatic carbocycles. The molecule has 1 saturated heterocycles. The Morgan fingerprint density at radius 1 is 0.914 bits per heavy atom. The lowest BCUT2D eigenvalue weighted by molar-refractivity contribution is -0.133. The summed E-state index contributed by atoms with van der Waals surface area (Å²) in [6.07, 6.45) is 1.09. The first-order valence-corrected chi connectivity index (χ1v) is 12.4. The third-order valence-corrected chi connectivity index (χ3v) is 6.55. The molecule has 1 aliphatic carbocycles. The minimum atomic E-state index is -0.651. The molecule has 4 rings (SSSR count). The van der Waals surface area contributed by atoms with Crippen molar-refractivity contribution < 1.29 is 19.1 Å². The fraction of sp³-hybridized carbons (Fsp3) is 0.464. The lowest BCUT2D eigenvalue weighted by Gasteiger charge is -2.24. The van der Waals surface area contributed by atoms with E-state index in [0.29, 0.717) is 18.9 Å². The van der Waals surface area contributed by atoms with Crippen LogP contribution < -0.4 is 10.6 Å². The normalized spacial score (nSPS) is 23.5. The highest BCUT2D eigenvalue weighted by Crippen LogP contribution is 2.41. The van der Waals surface area contributed by atoms with Crippen molar-refractivity contribution in [3.8, 4) is 0 Å². The number of nitrogens with one attached hydrogen (secondary N) is 2. The number of likely N-dealkylation sites (tertiary alicyclic amines) is 1. The van der Waals surface area contributed by atoms with Gasteiger partial charge in [-0.2, -0.15) is 0 Å². The predicted octanol–water partition coefficient (Wildman–Crippen LogP) is 3.50. The highest BCUT2D eigenvalue weighted by molar-refractivity contribution is 5.90. The van der Waals surface area contributed by atoms with E-state index in [-0.39, 0.29) is 30.9 Å². The van der Waals surface area contributed by atoms with Crippen molar-refractivity contribution in [1.82, 2.24) is 15.5 Å². The number of benzene rings is 2. The monoisotopic (exact) mass is 477 g/mol. The summed E-state index contributed by atoms with van der Waals surface area (Å²) in [5.74, 6) is -1.32. The van der Waals surface area contributed by atoms with Crippen LogP contribution in [0.2, 0.25) is 0 Å². The molecule has 3 amide bonds. The molecule has 2 N–H and O–H groups in total. The number of hydrogen-bond donors (Lipinski definition) is 2. The average molecular weight is 478 g/mol. The summed E-state index contributed by atoms with van der Waals surface area (Å²) in [5.41, 5.74) is 1.68. The molecule has 2 fully saturated rings. The van der Waals surface area contributed by atoms with E-state index in [2.05, 4.69) is 22.8 Å². The Morgan fingerprint density at radius 2 is 1.51 bits per heavy atom. The average Bonchev–Trinajstić information content (AvgIpc) is 3.43. The molecule has 7 heteroatoms. The quantitative estimate of drug-likeness (QED) is 0.639. The number of hydrogen-bond acceptors (Lipinski definition) is 4. The molecule has 1 saturated carbocycles. The van der Waals surface area contributed by atoms with E-state index in [1.54, 1.807) is 20.8 Å². The molecule has 0 bridgehead atoms. The van der Waals surface area contributed by atoms with E-state index < -0.39 is 23.5 Å². The van der Waals surface area contributed by atoms with E-state index >= 15 is 0 Å². The minimum Gasteiger partial charge on any atom is -0.444 e. The van der Waals surface area contributed by atoms with Gasteiger partial charge in [-0.1, -0.05) is 60.7 Å². The van der Waals surface area contributed by atoms with Crippen molar-refractivity contribution in [3.05, 3.63) is 71.8 Å². The van der Waals surface area contributed by atoms with Gasteiger partial charge in [0.1, 0.15) is 5.60 Å². The van der Waals surface area contributed by atoms with Crippen molar-refractivity contribution in [2.45, 2.75) is 51.2 Å². The molecule has 1 heterocycles. The Labute approximate surface area is 207 Å². The molecule has 0 unspecified atom stereocenters. The maximum atomic E-state index is 13.3. The van der Waals surface area contributed by atoms with Gasteiger partial charge >= 0.3 is 6.09 Å². The zero-order chi connectivity index (χ0) is 25.0. The molecule has 2 aliphatic rings. The molecule has 0 radical (unpaired) electrons. The van der Waals surface area contributed by atoms with Gasteiger partial charge in [-0.3, -0.25) is 9.59 Å². The summed E-state index contributed by atoms with van der Waals surface area (Å²) < 4.78 is 5.51. The van der Waals surface area contributed by atoms with Crippen LogP contribution in [0.4, 0.5) is 4.79 Å². The summed E-state index contributed by atoms with van der Waals surface area (Å²) in [7, 11) is 0. The fourth-order valence-electron chi connectivity index (χ4n) is 4.63. The number of amides is 3. The molecule has 1 aliphatic heterocycles. The van der Waals surface area contributed by atoms with Crippen LogP contribution in [0.15, 0.2) is 60.7 Å². The highest BCUT2D eigenvalue weighted by Gasteiger charge is 2.47. The number of carbonyl (C=O) groups is 3. The van der Waals surface area contributed by atoms with Gasteiger partial charge in [0.2, 0.25) is 11.8 Å². The van der Waals surface area contributed by atoms with Crippen LogP contribution in [0.1, 0.15) is 44.2 Å². The molecule has 186 valence electrons. The van der Waals surface area contributed by atoms with E-state index in [1.807, 2.05) is 48.5 Å². The second-order valence-corrected chi connectivity index (χ2v) is 10.5. The summed E-state index contributed by atoms with van der Waals surface area (Å²) in [6, 6.07) is 20.1. The van der Waals surface area contributed by atoms with Crippen LogP contribution in [0.3, 0.4) is 0 Å². The summed E-state index contributed by atoms with van der Waals surface area (Å²) in [4.78, 5) is 40.6. The smallest absolute Gasteiger partial charge is 0.410 e. The molecule has 4 atom stereocenters. The zero-order valence-corrected chi connectivity index (χ0v) is 20.7. The Morgan fingerprint density at radius 3 is 2.14 bits per heavy atom. The SMILES string of the molecule is CC(C)(C)OC(=O)N1C[C@@H](C(=O)NCCc2ccccc2)[C@H](C(=O)N[C@@H]2C[C@H]2c2ccccc2)C1. The Hall–Kier alpha value is -3.35. The largest absolute Gasteiger partial charge is 0.444 e. The van der Waals surface area contributed by atoms with Crippen LogP contribution in [-0.4, -0.2) is 54.1 Å². The van der Waals surface area contributed by atoms with Gasteiger partial charge in [0, 0.05) is 31.6 Å². The van der Waals surface area contributed by atoms with Crippen molar-refractivity contribution in [2.75, 3.05) is 19.6 Å². The van der Waals surface area contributed by atoms with Crippen LogP contribution in [0, 0.1) is 11.8 Å². The van der Waals surface area contributed by atoms with Crippen LogP contribution in [0.5, 0.6) is 0 Å². The molecular weight excluding hydrogens is 442 g/mol. The Kier molecular flexibility index (Phi) is 7.43. The second-order valence-electron chi connectivity index (χ2n) is 10.5. The first-order valence-electron chi connectivity index (χ1n) is 12.4. The highest BCUT2D eigenvalue weighted by atomic mass is 16.6. The van der Waals surface area contributed by atoms with Crippen molar-refractivity contribution in [1.29, 1.82) is 0 Å². The van der Waals surface area contributed by atoms with Gasteiger partial charge in [0.25, 0.3) is 0 Å². The van der Waals surface area contributed by atoms with Crippen LogP contribution in [-0.2, 0) is 20.7 Å². The van der Waals surface area contributed by atoms with E-state index in [9.17, 15) is 14.4 Å². The Bertz CT molecular complexity index is 1040.